The van der Waals surface area contributed by atoms with Crippen molar-refractivity contribution in [1.82, 2.24) is 9.80 Å². The van der Waals surface area contributed by atoms with E-state index in [1.165, 1.54) is 0 Å². The van der Waals surface area contributed by atoms with Crippen LogP contribution in [0.4, 0.5) is 0 Å². The summed E-state index contributed by atoms with van der Waals surface area (Å²) in [4.78, 5) is 16.4. The maximum atomic E-state index is 12.3. The van der Waals surface area contributed by atoms with Crippen LogP contribution in [0.25, 0.3) is 0 Å². The number of rotatable bonds is 4. The molecule has 0 saturated carbocycles. The van der Waals surface area contributed by atoms with Crippen molar-refractivity contribution in [2.24, 2.45) is 5.73 Å². The Hall–Kier alpha value is -1.33. The molecule has 0 spiro atoms. The summed E-state index contributed by atoms with van der Waals surface area (Å²) in [6.45, 7) is 3.19. The number of benzene rings is 1. The molecule has 4 nitrogen and oxygen atoms in total. The number of nitrogens with zero attached hydrogens (tertiary/aromatic N) is 2. The number of nitrogens with two attached hydrogens (primary N) is 1. The Balaban J connectivity index is 0.00000180. The average Bonchev–Trinajstić information content (AvgIpc) is 2.84. The lowest BCUT2D eigenvalue weighted by atomic mass is 10.0. The van der Waals surface area contributed by atoms with E-state index in [0.717, 1.165) is 17.8 Å². The van der Waals surface area contributed by atoms with Gasteiger partial charge in [0.1, 0.15) is 0 Å². The minimum atomic E-state index is -0.144. The third kappa shape index (κ3) is 3.58. The smallest absolute Gasteiger partial charge is 0.184 e. The van der Waals surface area contributed by atoms with Crippen LogP contribution < -0.4 is 5.73 Å². The highest BCUT2D eigenvalue weighted by Crippen LogP contribution is 2.14. The Kier molecular flexibility index (Phi) is 5.57. The molecule has 1 aromatic rings. The molecule has 0 fully saturated rings. The Morgan fingerprint density at radius 2 is 1.95 bits per heavy atom. The summed E-state index contributed by atoms with van der Waals surface area (Å²) < 4.78 is 0. The van der Waals surface area contributed by atoms with E-state index in [4.69, 9.17) is 5.73 Å². The highest BCUT2D eigenvalue weighted by atomic mass is 79.9. The number of hydrogen-bond donors (Lipinski definition) is 1. The van der Waals surface area contributed by atoms with E-state index in [0.29, 0.717) is 6.54 Å². The van der Waals surface area contributed by atoms with Gasteiger partial charge in [0.2, 0.25) is 0 Å². The van der Waals surface area contributed by atoms with Crippen molar-refractivity contribution in [3.8, 4) is 0 Å². The summed E-state index contributed by atoms with van der Waals surface area (Å²) in [5.41, 5.74) is 7.32. The zero-order chi connectivity index (χ0) is 13.1. The number of Topliss-reactive ketones (excluding diaryl/α,β-unsaturated/α-hetero) is 1. The topological polar surface area (TPSA) is 49.6 Å². The van der Waals surface area contributed by atoms with Crippen molar-refractivity contribution in [3.63, 3.8) is 0 Å². The molecule has 0 bridgehead atoms. The molecule has 1 unspecified atom stereocenters. The first-order valence-electron chi connectivity index (χ1n) is 6.09. The third-order valence-corrected chi connectivity index (χ3v) is 3.25. The van der Waals surface area contributed by atoms with Crippen LogP contribution in [0.5, 0.6) is 0 Å². The van der Waals surface area contributed by atoms with Gasteiger partial charge in [0, 0.05) is 31.6 Å². The molecule has 0 radical (unpaired) electrons. The Morgan fingerprint density at radius 3 is 2.42 bits per heavy atom. The van der Waals surface area contributed by atoms with Gasteiger partial charge in [0.15, 0.2) is 5.78 Å². The molecule has 1 heterocycles. The molecule has 104 valence electrons. The molecule has 0 aromatic heterocycles. The molecular formula is C14H20BrN3O. The molecule has 1 aromatic carbocycles. The van der Waals surface area contributed by atoms with E-state index in [9.17, 15) is 4.79 Å². The summed E-state index contributed by atoms with van der Waals surface area (Å²) in [6, 6.07) is 7.38. The number of carbonyl (C=O) groups excluding carboxylic acids is 1. The predicted octanol–water partition coefficient (Wildman–Crippen LogP) is 1.97. The number of carbonyl (C=O) groups is 1. The fourth-order valence-corrected chi connectivity index (χ4v) is 2.00. The number of halogens is 1. The zero-order valence-electron chi connectivity index (χ0n) is 11.2. The van der Waals surface area contributed by atoms with E-state index in [-0.39, 0.29) is 28.8 Å². The molecule has 2 rings (SSSR count). The SMILES string of the molecule is Br.CC(C(=O)c1ccc(CN)cc1)N1C=CN(C)C1. The van der Waals surface area contributed by atoms with Crippen LogP contribution >= 0.6 is 17.0 Å². The lowest BCUT2D eigenvalue weighted by molar-refractivity contribution is 0.0873. The van der Waals surface area contributed by atoms with Crippen molar-refractivity contribution in [2.45, 2.75) is 19.5 Å². The molecule has 1 aliphatic rings. The van der Waals surface area contributed by atoms with Gasteiger partial charge in [0.25, 0.3) is 0 Å². The minimum Gasteiger partial charge on any atom is -0.362 e. The fraction of sp³-hybridized carbons (Fsp3) is 0.357. The predicted molar refractivity (Wildman–Crippen MR) is 82.1 cm³/mol. The Morgan fingerprint density at radius 1 is 1.32 bits per heavy atom. The van der Waals surface area contributed by atoms with Crippen LogP contribution in [0.3, 0.4) is 0 Å². The number of ketones is 1. The summed E-state index contributed by atoms with van der Waals surface area (Å²) in [5, 5.41) is 0. The van der Waals surface area contributed by atoms with Crippen LogP contribution in [0, 0.1) is 0 Å². The molecular weight excluding hydrogens is 306 g/mol. The van der Waals surface area contributed by atoms with Gasteiger partial charge in [-0.25, -0.2) is 0 Å². The Labute approximate surface area is 124 Å². The van der Waals surface area contributed by atoms with Crippen molar-refractivity contribution in [1.29, 1.82) is 0 Å². The van der Waals surface area contributed by atoms with Gasteiger partial charge in [-0.3, -0.25) is 4.79 Å². The van der Waals surface area contributed by atoms with E-state index < -0.39 is 0 Å². The second kappa shape index (κ2) is 6.73. The first-order valence-corrected chi connectivity index (χ1v) is 6.09. The summed E-state index contributed by atoms with van der Waals surface area (Å²) in [6.07, 6.45) is 3.93. The van der Waals surface area contributed by atoms with Gasteiger partial charge >= 0.3 is 0 Å². The maximum absolute atomic E-state index is 12.3. The fourth-order valence-electron chi connectivity index (χ4n) is 2.00. The van der Waals surface area contributed by atoms with Gasteiger partial charge in [-0.2, -0.15) is 0 Å². The van der Waals surface area contributed by atoms with Crippen LogP contribution in [0.1, 0.15) is 22.8 Å². The monoisotopic (exact) mass is 325 g/mol. The zero-order valence-corrected chi connectivity index (χ0v) is 13.0. The normalized spacial score (nSPS) is 15.3. The standard InChI is InChI=1S/C14H19N3O.BrH/c1-11(17-8-7-16(2)10-17)14(18)13-5-3-12(9-15)4-6-13;/h3-8,11H,9-10,15H2,1-2H3;1H. The largest absolute Gasteiger partial charge is 0.362 e. The second-order valence-electron chi connectivity index (χ2n) is 4.65. The highest BCUT2D eigenvalue weighted by Gasteiger charge is 2.22. The van der Waals surface area contributed by atoms with E-state index in [2.05, 4.69) is 0 Å². The van der Waals surface area contributed by atoms with Crippen LogP contribution in [0.2, 0.25) is 0 Å². The van der Waals surface area contributed by atoms with E-state index in [1.54, 1.807) is 0 Å². The van der Waals surface area contributed by atoms with Crippen LogP contribution in [-0.4, -0.2) is 35.3 Å². The first kappa shape index (κ1) is 15.7. The highest BCUT2D eigenvalue weighted by molar-refractivity contribution is 8.93. The molecule has 1 atom stereocenters. The Bertz CT molecular complexity index is 458. The number of hydrogen-bond acceptors (Lipinski definition) is 4. The van der Waals surface area contributed by atoms with Gasteiger partial charge in [-0.05, 0) is 12.5 Å². The third-order valence-electron chi connectivity index (χ3n) is 3.25. The first-order chi connectivity index (χ1) is 8.61. The molecule has 1 aliphatic heterocycles. The molecule has 0 aliphatic carbocycles. The quantitative estimate of drug-likeness (QED) is 0.860. The average molecular weight is 326 g/mol. The summed E-state index contributed by atoms with van der Waals surface area (Å²) >= 11 is 0. The molecule has 19 heavy (non-hydrogen) atoms. The lowest BCUT2D eigenvalue weighted by Crippen LogP contribution is -2.36. The maximum Gasteiger partial charge on any atom is 0.184 e. The summed E-state index contributed by atoms with van der Waals surface area (Å²) in [5.74, 6) is 0.138. The van der Waals surface area contributed by atoms with Gasteiger partial charge in [-0.15, -0.1) is 17.0 Å². The minimum absolute atomic E-state index is 0. The summed E-state index contributed by atoms with van der Waals surface area (Å²) in [7, 11) is 1.99. The van der Waals surface area contributed by atoms with Crippen molar-refractivity contribution < 1.29 is 4.79 Å². The van der Waals surface area contributed by atoms with Gasteiger partial charge in [-0.1, -0.05) is 24.3 Å². The molecule has 2 N–H and O–H groups in total. The van der Waals surface area contributed by atoms with Crippen molar-refractivity contribution >= 4 is 22.8 Å². The van der Waals surface area contributed by atoms with Crippen molar-refractivity contribution in [3.05, 3.63) is 47.8 Å². The van der Waals surface area contributed by atoms with Crippen LogP contribution in [0.15, 0.2) is 36.7 Å². The van der Waals surface area contributed by atoms with Crippen molar-refractivity contribution in [2.75, 3.05) is 13.7 Å². The molecule has 0 saturated heterocycles. The van der Waals surface area contributed by atoms with Gasteiger partial charge in [0.05, 0.1) is 12.7 Å². The van der Waals surface area contributed by atoms with Crippen LogP contribution in [-0.2, 0) is 6.54 Å². The van der Waals surface area contributed by atoms with E-state index >= 15 is 0 Å². The van der Waals surface area contributed by atoms with Gasteiger partial charge < -0.3 is 15.5 Å². The second-order valence-corrected chi connectivity index (χ2v) is 4.65. The van der Waals surface area contributed by atoms with E-state index in [1.807, 2.05) is 60.4 Å². The lowest BCUT2D eigenvalue weighted by Gasteiger charge is -2.24. The molecule has 5 heteroatoms. The molecule has 0 amide bonds.